The molecular formula is C18H24IN7. The van der Waals surface area contributed by atoms with E-state index in [4.69, 9.17) is 4.99 Å². The Labute approximate surface area is 170 Å². The molecule has 2 aromatic heterocycles. The normalized spacial score (nSPS) is 11.3. The molecule has 138 valence electrons. The Bertz CT molecular complexity index is 883. The Morgan fingerprint density at radius 2 is 1.96 bits per heavy atom. The van der Waals surface area contributed by atoms with Crippen molar-refractivity contribution in [2.24, 2.45) is 12.0 Å². The fourth-order valence-corrected chi connectivity index (χ4v) is 2.57. The standard InChI is InChI=1S/C18H23N7.HI/c1-4-19-18(22-12-17-24-23-13(2)25(17)3)21-11-14-9-10-20-16-8-6-5-7-15(14)16;/h5-10H,4,11-12H2,1-3H3,(H2,19,21,22);1H. The van der Waals surface area contributed by atoms with Gasteiger partial charge in [-0.1, -0.05) is 18.2 Å². The van der Waals surface area contributed by atoms with E-state index >= 15 is 0 Å². The number of nitrogens with one attached hydrogen (secondary N) is 2. The van der Waals surface area contributed by atoms with E-state index in [9.17, 15) is 0 Å². The number of fused-ring (bicyclic) bond motifs is 1. The van der Waals surface area contributed by atoms with Gasteiger partial charge in [-0.3, -0.25) is 4.98 Å². The van der Waals surface area contributed by atoms with Gasteiger partial charge in [-0.05, 0) is 31.5 Å². The molecule has 0 aliphatic carbocycles. The summed E-state index contributed by atoms with van der Waals surface area (Å²) in [6, 6.07) is 10.1. The highest BCUT2D eigenvalue weighted by Crippen LogP contribution is 2.16. The number of hydrogen-bond donors (Lipinski definition) is 2. The van der Waals surface area contributed by atoms with E-state index in [2.05, 4.69) is 31.9 Å². The van der Waals surface area contributed by atoms with Crippen molar-refractivity contribution in [3.05, 3.63) is 53.7 Å². The summed E-state index contributed by atoms with van der Waals surface area (Å²) in [6.07, 6.45) is 1.83. The number of hydrogen-bond acceptors (Lipinski definition) is 4. The van der Waals surface area contributed by atoms with Crippen molar-refractivity contribution in [2.45, 2.75) is 26.9 Å². The van der Waals surface area contributed by atoms with E-state index < -0.39 is 0 Å². The average molecular weight is 465 g/mol. The zero-order valence-electron chi connectivity index (χ0n) is 15.2. The van der Waals surface area contributed by atoms with Crippen molar-refractivity contribution in [1.82, 2.24) is 30.4 Å². The number of aromatic nitrogens is 4. The topological polar surface area (TPSA) is 80.0 Å². The summed E-state index contributed by atoms with van der Waals surface area (Å²) >= 11 is 0. The van der Waals surface area contributed by atoms with E-state index in [0.29, 0.717) is 13.1 Å². The van der Waals surface area contributed by atoms with Crippen LogP contribution in [0.25, 0.3) is 10.9 Å². The molecule has 1 aromatic carbocycles. The van der Waals surface area contributed by atoms with E-state index in [-0.39, 0.29) is 24.0 Å². The average Bonchev–Trinajstić information content (AvgIpc) is 2.96. The van der Waals surface area contributed by atoms with Gasteiger partial charge in [0.05, 0.1) is 18.6 Å². The lowest BCUT2D eigenvalue weighted by molar-refractivity contribution is 0.718. The molecule has 0 fully saturated rings. The third-order valence-corrected chi connectivity index (χ3v) is 4.09. The Morgan fingerprint density at radius 3 is 2.69 bits per heavy atom. The van der Waals surface area contributed by atoms with Gasteiger partial charge < -0.3 is 15.2 Å². The molecule has 2 heterocycles. The van der Waals surface area contributed by atoms with E-state index in [1.165, 1.54) is 0 Å². The predicted molar refractivity (Wildman–Crippen MR) is 115 cm³/mol. The van der Waals surface area contributed by atoms with E-state index in [1.54, 1.807) is 0 Å². The first-order valence-electron chi connectivity index (χ1n) is 8.38. The summed E-state index contributed by atoms with van der Waals surface area (Å²) in [6.45, 7) is 5.92. The molecule has 8 heteroatoms. The fourth-order valence-electron chi connectivity index (χ4n) is 2.57. The molecule has 0 spiro atoms. The molecule has 0 saturated carbocycles. The van der Waals surface area contributed by atoms with Crippen LogP contribution in [0.1, 0.15) is 24.1 Å². The molecule has 3 rings (SSSR count). The number of aliphatic imine (C=N–C) groups is 1. The van der Waals surface area contributed by atoms with E-state index in [1.807, 2.05) is 55.9 Å². The van der Waals surface area contributed by atoms with Crippen molar-refractivity contribution >= 4 is 40.8 Å². The van der Waals surface area contributed by atoms with Crippen LogP contribution >= 0.6 is 24.0 Å². The van der Waals surface area contributed by atoms with Gasteiger partial charge in [0.1, 0.15) is 5.82 Å². The number of nitrogens with zero attached hydrogens (tertiary/aromatic N) is 5. The minimum atomic E-state index is 0. The molecule has 0 aliphatic rings. The number of pyridine rings is 1. The lowest BCUT2D eigenvalue weighted by Gasteiger charge is -2.11. The molecule has 0 amide bonds. The molecule has 0 saturated heterocycles. The number of guanidine groups is 1. The highest BCUT2D eigenvalue weighted by Gasteiger charge is 2.06. The zero-order chi connectivity index (χ0) is 17.6. The maximum atomic E-state index is 4.69. The molecule has 0 aliphatic heterocycles. The highest BCUT2D eigenvalue weighted by molar-refractivity contribution is 14.0. The second kappa shape index (κ2) is 9.46. The lowest BCUT2D eigenvalue weighted by Crippen LogP contribution is -2.37. The summed E-state index contributed by atoms with van der Waals surface area (Å²) in [7, 11) is 1.96. The molecule has 26 heavy (non-hydrogen) atoms. The lowest BCUT2D eigenvalue weighted by atomic mass is 10.1. The van der Waals surface area contributed by atoms with Crippen molar-refractivity contribution in [3.63, 3.8) is 0 Å². The van der Waals surface area contributed by atoms with Gasteiger partial charge in [0.2, 0.25) is 0 Å². The number of aryl methyl sites for hydroxylation is 1. The summed E-state index contributed by atoms with van der Waals surface area (Å²) in [5, 5.41) is 15.9. The summed E-state index contributed by atoms with van der Waals surface area (Å²) < 4.78 is 1.97. The van der Waals surface area contributed by atoms with Gasteiger partial charge in [0.25, 0.3) is 0 Å². The van der Waals surface area contributed by atoms with Crippen LogP contribution in [-0.2, 0) is 20.1 Å². The maximum absolute atomic E-state index is 4.69. The first-order valence-corrected chi connectivity index (χ1v) is 8.38. The molecule has 3 aromatic rings. The van der Waals surface area contributed by atoms with Crippen LogP contribution in [0.2, 0.25) is 0 Å². The Balaban J connectivity index is 0.00000243. The number of halogens is 1. The monoisotopic (exact) mass is 465 g/mol. The minimum Gasteiger partial charge on any atom is -0.357 e. The van der Waals surface area contributed by atoms with Crippen molar-refractivity contribution in [1.29, 1.82) is 0 Å². The first kappa shape index (κ1) is 20.1. The largest absolute Gasteiger partial charge is 0.357 e. The smallest absolute Gasteiger partial charge is 0.191 e. The quantitative estimate of drug-likeness (QED) is 0.344. The van der Waals surface area contributed by atoms with Gasteiger partial charge in [-0.2, -0.15) is 0 Å². The molecule has 0 atom stereocenters. The molecule has 0 radical (unpaired) electrons. The van der Waals surface area contributed by atoms with Crippen LogP contribution in [-0.4, -0.2) is 32.3 Å². The van der Waals surface area contributed by atoms with E-state index in [0.717, 1.165) is 40.6 Å². The van der Waals surface area contributed by atoms with Crippen LogP contribution in [0.4, 0.5) is 0 Å². The van der Waals surface area contributed by atoms with Crippen LogP contribution in [0.15, 0.2) is 41.5 Å². The fraction of sp³-hybridized carbons (Fsp3) is 0.333. The summed E-state index contributed by atoms with van der Waals surface area (Å²) in [4.78, 5) is 9.09. The van der Waals surface area contributed by atoms with Crippen LogP contribution in [0.3, 0.4) is 0 Å². The summed E-state index contributed by atoms with van der Waals surface area (Å²) in [5.41, 5.74) is 2.14. The maximum Gasteiger partial charge on any atom is 0.191 e. The van der Waals surface area contributed by atoms with Crippen molar-refractivity contribution < 1.29 is 0 Å². The Kier molecular flexibility index (Phi) is 7.31. The number of para-hydroxylation sites is 1. The molecule has 2 N–H and O–H groups in total. The van der Waals surface area contributed by atoms with Gasteiger partial charge in [0.15, 0.2) is 11.8 Å². The SMILES string of the molecule is CCNC(=NCc1ccnc2ccccc12)NCc1nnc(C)n1C.I. The number of rotatable bonds is 5. The molecule has 0 bridgehead atoms. The minimum absolute atomic E-state index is 0. The Hall–Kier alpha value is -2.23. The number of benzene rings is 1. The predicted octanol–water partition coefficient (Wildman–Crippen LogP) is 2.55. The molecular weight excluding hydrogens is 441 g/mol. The van der Waals surface area contributed by atoms with Crippen LogP contribution in [0.5, 0.6) is 0 Å². The van der Waals surface area contributed by atoms with Crippen molar-refractivity contribution in [2.75, 3.05) is 6.54 Å². The third kappa shape index (κ3) is 4.69. The third-order valence-electron chi connectivity index (χ3n) is 4.09. The zero-order valence-corrected chi connectivity index (χ0v) is 17.6. The molecule has 7 nitrogen and oxygen atoms in total. The first-order chi connectivity index (χ1) is 12.2. The van der Waals surface area contributed by atoms with Crippen molar-refractivity contribution in [3.8, 4) is 0 Å². The van der Waals surface area contributed by atoms with Gasteiger partial charge in [0, 0.05) is 25.2 Å². The second-order valence-corrected chi connectivity index (χ2v) is 5.76. The highest BCUT2D eigenvalue weighted by atomic mass is 127. The van der Waals surface area contributed by atoms with Gasteiger partial charge >= 0.3 is 0 Å². The molecule has 0 unspecified atom stereocenters. The van der Waals surface area contributed by atoms with Gasteiger partial charge in [-0.25, -0.2) is 4.99 Å². The van der Waals surface area contributed by atoms with Gasteiger partial charge in [-0.15, -0.1) is 34.2 Å². The van der Waals surface area contributed by atoms with Crippen LogP contribution < -0.4 is 10.6 Å². The summed E-state index contributed by atoms with van der Waals surface area (Å²) in [5.74, 6) is 2.52. The Morgan fingerprint density at radius 1 is 1.15 bits per heavy atom. The second-order valence-electron chi connectivity index (χ2n) is 5.76. The van der Waals surface area contributed by atoms with Crippen LogP contribution in [0, 0.1) is 6.92 Å².